The monoisotopic (exact) mass is 486 g/mol. The molecule has 1 aromatic heterocycles. The summed E-state index contributed by atoms with van der Waals surface area (Å²) in [7, 11) is -0.804. The Hall–Kier alpha value is -3.79. The predicted molar refractivity (Wildman–Crippen MR) is 124 cm³/mol. The molecule has 1 atom stereocenters. The van der Waals surface area contributed by atoms with E-state index in [0.717, 1.165) is 5.56 Å². The number of hydrogen-bond donors (Lipinski definition) is 2. The average Bonchev–Trinajstić information content (AvgIpc) is 3.38. The molecule has 9 nitrogen and oxygen atoms in total. The average molecular weight is 487 g/mol. The highest BCUT2D eigenvalue weighted by molar-refractivity contribution is 7.91. The summed E-state index contributed by atoms with van der Waals surface area (Å²) in [5.41, 5.74) is 0.880. The van der Waals surface area contributed by atoms with E-state index in [1.165, 1.54) is 38.7 Å². The van der Waals surface area contributed by atoms with Crippen molar-refractivity contribution in [2.24, 2.45) is 0 Å². The van der Waals surface area contributed by atoms with Crippen LogP contribution in [0.5, 0.6) is 11.5 Å². The van der Waals surface area contributed by atoms with Gasteiger partial charge in [-0.05, 0) is 48.4 Å². The van der Waals surface area contributed by atoms with Gasteiger partial charge in [-0.25, -0.2) is 8.42 Å². The molecule has 0 bridgehead atoms. The summed E-state index contributed by atoms with van der Waals surface area (Å²) in [6, 6.07) is 16.3. The highest BCUT2D eigenvalue weighted by Gasteiger charge is 2.32. The molecule has 180 valence electrons. The molecule has 34 heavy (non-hydrogen) atoms. The molecule has 0 saturated carbocycles. The molecule has 0 fully saturated rings. The molecule has 1 unspecified atom stereocenters. The van der Waals surface area contributed by atoms with Crippen LogP contribution in [0.3, 0.4) is 0 Å². The maximum absolute atomic E-state index is 13.1. The van der Waals surface area contributed by atoms with E-state index in [-0.39, 0.29) is 23.7 Å². The third-order valence-corrected chi connectivity index (χ3v) is 7.19. The van der Waals surface area contributed by atoms with Crippen LogP contribution >= 0.6 is 0 Å². The van der Waals surface area contributed by atoms with Crippen molar-refractivity contribution in [3.63, 3.8) is 0 Å². The van der Waals surface area contributed by atoms with Crippen molar-refractivity contribution in [3.8, 4) is 11.5 Å². The van der Waals surface area contributed by atoms with Gasteiger partial charge < -0.3 is 24.5 Å². The fraction of sp³-hybridized carbons (Fsp3) is 0.250. The molecule has 2 aromatic carbocycles. The third-order valence-electron chi connectivity index (χ3n) is 5.11. The SMILES string of the molecule is COc1ccc(CCNC(=O)C(=O)NCC(c2ccco2)S(=O)(=O)c2ccccc2)cc1OC. The van der Waals surface area contributed by atoms with Crippen LogP contribution in [-0.2, 0) is 25.8 Å². The van der Waals surface area contributed by atoms with Gasteiger partial charge in [-0.1, -0.05) is 24.3 Å². The molecule has 0 spiro atoms. The lowest BCUT2D eigenvalue weighted by Gasteiger charge is -2.16. The second-order valence-corrected chi connectivity index (χ2v) is 9.40. The first-order valence-electron chi connectivity index (χ1n) is 10.5. The third kappa shape index (κ3) is 5.96. The Morgan fingerprint density at radius 2 is 1.62 bits per heavy atom. The Balaban J connectivity index is 1.59. The van der Waals surface area contributed by atoms with E-state index in [2.05, 4.69) is 10.6 Å². The lowest BCUT2D eigenvalue weighted by molar-refractivity contribution is -0.139. The normalized spacial score (nSPS) is 11.9. The Labute approximate surface area is 198 Å². The van der Waals surface area contributed by atoms with Crippen LogP contribution in [0.2, 0.25) is 0 Å². The Morgan fingerprint density at radius 1 is 0.912 bits per heavy atom. The van der Waals surface area contributed by atoms with Crippen molar-refractivity contribution in [1.29, 1.82) is 0 Å². The van der Waals surface area contributed by atoms with Crippen LogP contribution in [0.25, 0.3) is 0 Å². The zero-order chi connectivity index (χ0) is 24.6. The van der Waals surface area contributed by atoms with Gasteiger partial charge in [-0.3, -0.25) is 9.59 Å². The smallest absolute Gasteiger partial charge is 0.309 e. The van der Waals surface area contributed by atoms with Gasteiger partial charge >= 0.3 is 11.8 Å². The van der Waals surface area contributed by atoms with Gasteiger partial charge in [0.25, 0.3) is 0 Å². The first-order valence-corrected chi connectivity index (χ1v) is 12.0. The van der Waals surface area contributed by atoms with Gasteiger partial charge in [0.2, 0.25) is 0 Å². The lowest BCUT2D eigenvalue weighted by atomic mass is 10.1. The lowest BCUT2D eigenvalue weighted by Crippen LogP contribution is -2.42. The van der Waals surface area contributed by atoms with Crippen LogP contribution in [0.1, 0.15) is 16.6 Å². The van der Waals surface area contributed by atoms with E-state index in [0.29, 0.717) is 17.9 Å². The summed E-state index contributed by atoms with van der Waals surface area (Å²) in [6.07, 6.45) is 1.81. The molecule has 3 aromatic rings. The number of furan rings is 1. The zero-order valence-electron chi connectivity index (χ0n) is 18.8. The van der Waals surface area contributed by atoms with E-state index >= 15 is 0 Å². The van der Waals surface area contributed by atoms with E-state index in [1.54, 1.807) is 36.4 Å². The minimum Gasteiger partial charge on any atom is -0.493 e. The number of carbonyl (C=O) groups is 2. The summed E-state index contributed by atoms with van der Waals surface area (Å²) in [6.45, 7) is -0.127. The number of carbonyl (C=O) groups excluding carboxylic acids is 2. The van der Waals surface area contributed by atoms with Crippen molar-refractivity contribution < 1.29 is 31.9 Å². The van der Waals surface area contributed by atoms with Gasteiger partial charge in [-0.2, -0.15) is 0 Å². The van der Waals surface area contributed by atoms with Crippen LogP contribution in [0, 0.1) is 0 Å². The number of sulfone groups is 1. The summed E-state index contributed by atoms with van der Waals surface area (Å²) in [4.78, 5) is 24.6. The van der Waals surface area contributed by atoms with Crippen molar-refractivity contribution in [3.05, 3.63) is 78.3 Å². The van der Waals surface area contributed by atoms with Gasteiger partial charge in [0, 0.05) is 13.1 Å². The van der Waals surface area contributed by atoms with Gasteiger partial charge in [0.1, 0.15) is 11.0 Å². The quantitative estimate of drug-likeness (QED) is 0.421. The van der Waals surface area contributed by atoms with Crippen molar-refractivity contribution in [2.75, 3.05) is 27.3 Å². The maximum Gasteiger partial charge on any atom is 0.309 e. The Bertz CT molecular complexity index is 1210. The topological polar surface area (TPSA) is 124 Å². The molecule has 10 heteroatoms. The number of nitrogens with one attached hydrogen (secondary N) is 2. The predicted octanol–water partition coefficient (Wildman–Crippen LogP) is 2.29. The number of hydrogen-bond acceptors (Lipinski definition) is 7. The van der Waals surface area contributed by atoms with E-state index in [4.69, 9.17) is 13.9 Å². The summed E-state index contributed by atoms with van der Waals surface area (Å²) < 4.78 is 42.0. The van der Waals surface area contributed by atoms with Crippen molar-refractivity contribution >= 4 is 21.7 Å². The van der Waals surface area contributed by atoms with E-state index in [9.17, 15) is 18.0 Å². The van der Waals surface area contributed by atoms with Gasteiger partial charge in [-0.15, -0.1) is 0 Å². The van der Waals surface area contributed by atoms with Gasteiger partial charge in [0.05, 0.1) is 25.4 Å². The molecule has 0 radical (unpaired) electrons. The fourth-order valence-corrected chi connectivity index (χ4v) is 4.92. The largest absolute Gasteiger partial charge is 0.493 e. The summed E-state index contributed by atoms with van der Waals surface area (Å²) in [5.74, 6) is -0.486. The number of methoxy groups -OCH3 is 2. The van der Waals surface area contributed by atoms with Crippen molar-refractivity contribution in [1.82, 2.24) is 10.6 Å². The minimum atomic E-state index is -3.87. The van der Waals surface area contributed by atoms with Crippen molar-refractivity contribution in [2.45, 2.75) is 16.6 Å². The second-order valence-electron chi connectivity index (χ2n) is 7.27. The fourth-order valence-electron chi connectivity index (χ4n) is 3.31. The zero-order valence-corrected chi connectivity index (χ0v) is 19.6. The molecular formula is C24H26N2O7S. The van der Waals surface area contributed by atoms with E-state index < -0.39 is 26.9 Å². The Morgan fingerprint density at radius 3 is 2.26 bits per heavy atom. The first kappa shape index (κ1) is 24.8. The van der Waals surface area contributed by atoms with Gasteiger partial charge in [0.15, 0.2) is 21.3 Å². The molecule has 0 aliphatic rings. The molecular weight excluding hydrogens is 460 g/mol. The number of benzene rings is 2. The molecule has 0 aliphatic carbocycles. The summed E-state index contributed by atoms with van der Waals surface area (Å²) >= 11 is 0. The first-order chi connectivity index (χ1) is 16.4. The second kappa shape index (κ2) is 11.4. The van der Waals surface area contributed by atoms with Crippen LogP contribution in [-0.4, -0.2) is 47.5 Å². The number of ether oxygens (including phenoxy) is 2. The summed E-state index contributed by atoms with van der Waals surface area (Å²) in [5, 5.41) is 3.75. The standard InChI is InChI=1S/C24H26N2O7S/c1-31-19-11-10-17(15-21(19)32-2)12-13-25-23(27)24(28)26-16-22(20-9-6-14-33-20)34(29,30)18-7-4-3-5-8-18/h3-11,14-15,22H,12-13,16H2,1-2H3,(H,25,27)(H,26,28). The highest BCUT2D eigenvalue weighted by Crippen LogP contribution is 2.29. The van der Waals surface area contributed by atoms with Crippen LogP contribution in [0.15, 0.2) is 76.2 Å². The maximum atomic E-state index is 13.1. The molecule has 0 aliphatic heterocycles. The number of rotatable bonds is 10. The molecule has 2 N–H and O–H groups in total. The molecule has 0 saturated heterocycles. The molecule has 2 amide bonds. The molecule has 3 rings (SSSR count). The van der Waals surface area contributed by atoms with E-state index in [1.807, 2.05) is 6.07 Å². The minimum absolute atomic E-state index is 0.0880. The van der Waals surface area contributed by atoms with Crippen LogP contribution < -0.4 is 20.1 Å². The number of amides is 2. The molecule has 1 heterocycles. The highest BCUT2D eigenvalue weighted by atomic mass is 32.2. The van der Waals surface area contributed by atoms with Crippen LogP contribution in [0.4, 0.5) is 0 Å². The Kier molecular flexibility index (Phi) is 8.31.